The molecule has 0 saturated carbocycles. The van der Waals surface area contributed by atoms with Crippen LogP contribution in [0.1, 0.15) is 5.69 Å². The Bertz CT molecular complexity index is 870. The van der Waals surface area contributed by atoms with Crippen LogP contribution in [0.25, 0.3) is 5.69 Å². The van der Waals surface area contributed by atoms with E-state index >= 15 is 0 Å². The van der Waals surface area contributed by atoms with Crippen LogP contribution in [0.2, 0.25) is 0 Å². The van der Waals surface area contributed by atoms with E-state index in [1.165, 1.54) is 0 Å². The SMILES string of the molecule is Cc1cn(-c2ccc(N3CCN(c4ccccc4)C(=O)C3)cc2)cn1. The third-order valence-electron chi connectivity index (χ3n) is 4.51. The number of hydrogen-bond acceptors (Lipinski definition) is 3. The first-order valence-electron chi connectivity index (χ1n) is 8.42. The second-order valence-corrected chi connectivity index (χ2v) is 6.24. The molecule has 126 valence electrons. The Kier molecular flexibility index (Phi) is 3.98. The molecule has 5 nitrogen and oxygen atoms in total. The van der Waals surface area contributed by atoms with Gasteiger partial charge >= 0.3 is 0 Å². The summed E-state index contributed by atoms with van der Waals surface area (Å²) in [5, 5.41) is 0. The van der Waals surface area contributed by atoms with Gasteiger partial charge in [-0.1, -0.05) is 18.2 Å². The maximum Gasteiger partial charge on any atom is 0.246 e. The number of carbonyl (C=O) groups is 1. The van der Waals surface area contributed by atoms with Crippen molar-refractivity contribution in [2.24, 2.45) is 0 Å². The normalized spacial score (nSPS) is 14.8. The quantitative estimate of drug-likeness (QED) is 0.740. The summed E-state index contributed by atoms with van der Waals surface area (Å²) in [6.07, 6.45) is 3.81. The average Bonchev–Trinajstić information content (AvgIpc) is 3.09. The molecule has 1 aliphatic rings. The highest BCUT2D eigenvalue weighted by molar-refractivity contribution is 5.97. The zero-order valence-electron chi connectivity index (χ0n) is 14.2. The van der Waals surface area contributed by atoms with Crippen molar-refractivity contribution in [1.82, 2.24) is 9.55 Å². The van der Waals surface area contributed by atoms with Crippen LogP contribution in [0.4, 0.5) is 11.4 Å². The summed E-state index contributed by atoms with van der Waals surface area (Å²) in [6, 6.07) is 18.1. The lowest BCUT2D eigenvalue weighted by atomic mass is 10.2. The fraction of sp³-hybridized carbons (Fsp3) is 0.200. The molecule has 3 aromatic rings. The summed E-state index contributed by atoms with van der Waals surface area (Å²) >= 11 is 0. The number of nitrogens with zero attached hydrogens (tertiary/aromatic N) is 4. The minimum absolute atomic E-state index is 0.131. The molecule has 4 rings (SSSR count). The van der Waals surface area contributed by atoms with Crippen LogP contribution >= 0.6 is 0 Å². The predicted molar refractivity (Wildman–Crippen MR) is 99.3 cm³/mol. The lowest BCUT2D eigenvalue weighted by Crippen LogP contribution is -2.50. The first-order valence-corrected chi connectivity index (χ1v) is 8.42. The van der Waals surface area contributed by atoms with Gasteiger partial charge in [0.25, 0.3) is 0 Å². The van der Waals surface area contributed by atoms with Crippen LogP contribution in [0, 0.1) is 6.92 Å². The number of aryl methyl sites for hydroxylation is 1. The molecule has 1 saturated heterocycles. The third kappa shape index (κ3) is 3.13. The molecule has 1 aromatic heterocycles. The molecule has 25 heavy (non-hydrogen) atoms. The topological polar surface area (TPSA) is 41.4 Å². The smallest absolute Gasteiger partial charge is 0.246 e. The lowest BCUT2D eigenvalue weighted by Gasteiger charge is -2.35. The molecule has 0 radical (unpaired) electrons. The van der Waals surface area contributed by atoms with E-state index in [2.05, 4.69) is 34.1 Å². The molecule has 0 spiro atoms. The van der Waals surface area contributed by atoms with E-state index in [1.54, 1.807) is 0 Å². The number of para-hydroxylation sites is 1. The van der Waals surface area contributed by atoms with Gasteiger partial charge < -0.3 is 14.4 Å². The molecule has 0 atom stereocenters. The summed E-state index contributed by atoms with van der Waals surface area (Å²) < 4.78 is 2.00. The van der Waals surface area contributed by atoms with Gasteiger partial charge in [0.1, 0.15) is 0 Å². The second kappa shape index (κ2) is 6.43. The molecule has 0 bridgehead atoms. The number of hydrogen-bond donors (Lipinski definition) is 0. The van der Waals surface area contributed by atoms with Crippen LogP contribution in [0.15, 0.2) is 67.1 Å². The van der Waals surface area contributed by atoms with E-state index in [1.807, 2.05) is 59.2 Å². The number of carbonyl (C=O) groups excluding carboxylic acids is 1. The maximum absolute atomic E-state index is 12.5. The molecular weight excluding hydrogens is 312 g/mol. The van der Waals surface area contributed by atoms with Crippen LogP contribution < -0.4 is 9.80 Å². The van der Waals surface area contributed by atoms with Crippen LogP contribution in [-0.4, -0.2) is 35.1 Å². The molecule has 1 fully saturated rings. The number of anilines is 2. The highest BCUT2D eigenvalue weighted by atomic mass is 16.2. The molecule has 2 aromatic carbocycles. The van der Waals surface area contributed by atoms with Gasteiger partial charge in [-0.15, -0.1) is 0 Å². The second-order valence-electron chi connectivity index (χ2n) is 6.24. The highest BCUT2D eigenvalue weighted by Crippen LogP contribution is 2.22. The van der Waals surface area contributed by atoms with Gasteiger partial charge in [0.05, 0.1) is 18.6 Å². The molecule has 1 aliphatic heterocycles. The number of benzene rings is 2. The van der Waals surface area contributed by atoms with Gasteiger partial charge in [-0.3, -0.25) is 4.79 Å². The van der Waals surface area contributed by atoms with Crippen molar-refractivity contribution in [1.29, 1.82) is 0 Å². The van der Waals surface area contributed by atoms with Crippen LogP contribution in [0.3, 0.4) is 0 Å². The lowest BCUT2D eigenvalue weighted by molar-refractivity contribution is -0.117. The van der Waals surface area contributed by atoms with Gasteiger partial charge in [0, 0.05) is 36.3 Å². The summed E-state index contributed by atoms with van der Waals surface area (Å²) in [5.74, 6) is 0.131. The molecule has 0 unspecified atom stereocenters. The summed E-state index contributed by atoms with van der Waals surface area (Å²) in [7, 11) is 0. The van der Waals surface area contributed by atoms with E-state index < -0.39 is 0 Å². The Balaban J connectivity index is 1.48. The zero-order valence-corrected chi connectivity index (χ0v) is 14.2. The minimum atomic E-state index is 0.131. The first kappa shape index (κ1) is 15.4. The zero-order chi connectivity index (χ0) is 17.2. The fourth-order valence-corrected chi connectivity index (χ4v) is 3.17. The standard InChI is InChI=1S/C20H20N4O/c1-16-13-23(15-21-16)18-9-7-17(8-10-18)22-11-12-24(20(25)14-22)19-5-3-2-4-6-19/h2-10,13,15H,11-12,14H2,1H3. The summed E-state index contributed by atoms with van der Waals surface area (Å²) in [6.45, 7) is 3.90. The van der Waals surface area contributed by atoms with E-state index in [-0.39, 0.29) is 5.91 Å². The molecule has 1 amide bonds. The Labute approximate surface area is 147 Å². The third-order valence-corrected chi connectivity index (χ3v) is 4.51. The molecule has 2 heterocycles. The Hall–Kier alpha value is -3.08. The van der Waals surface area contributed by atoms with Crippen LogP contribution in [0.5, 0.6) is 0 Å². The van der Waals surface area contributed by atoms with E-state index in [9.17, 15) is 4.79 Å². The van der Waals surface area contributed by atoms with Crippen molar-refractivity contribution in [3.63, 3.8) is 0 Å². The number of imidazole rings is 1. The highest BCUT2D eigenvalue weighted by Gasteiger charge is 2.25. The largest absolute Gasteiger partial charge is 0.360 e. The number of amides is 1. The predicted octanol–water partition coefficient (Wildman–Crippen LogP) is 3.03. The van der Waals surface area contributed by atoms with Gasteiger partial charge in [0.2, 0.25) is 5.91 Å². The van der Waals surface area contributed by atoms with E-state index in [4.69, 9.17) is 0 Å². The first-order chi connectivity index (χ1) is 12.2. The summed E-state index contributed by atoms with van der Waals surface area (Å²) in [5.41, 5.74) is 4.10. The molecule has 0 aliphatic carbocycles. The van der Waals surface area contributed by atoms with Crippen molar-refractivity contribution in [2.75, 3.05) is 29.4 Å². The monoisotopic (exact) mass is 332 g/mol. The Morgan fingerprint density at radius 2 is 1.60 bits per heavy atom. The van der Waals surface area contributed by atoms with Gasteiger partial charge in [-0.2, -0.15) is 0 Å². The maximum atomic E-state index is 12.5. The van der Waals surface area contributed by atoms with Crippen molar-refractivity contribution in [3.8, 4) is 5.69 Å². The molecular formula is C20H20N4O. The van der Waals surface area contributed by atoms with Gasteiger partial charge in [0.15, 0.2) is 0 Å². The minimum Gasteiger partial charge on any atom is -0.360 e. The summed E-state index contributed by atoms with van der Waals surface area (Å²) in [4.78, 5) is 20.8. The molecule has 5 heteroatoms. The van der Waals surface area contributed by atoms with Gasteiger partial charge in [-0.25, -0.2) is 4.98 Å². The fourth-order valence-electron chi connectivity index (χ4n) is 3.17. The van der Waals surface area contributed by atoms with Crippen molar-refractivity contribution in [3.05, 3.63) is 72.8 Å². The average molecular weight is 332 g/mol. The number of aromatic nitrogens is 2. The number of piperazine rings is 1. The van der Waals surface area contributed by atoms with Crippen molar-refractivity contribution in [2.45, 2.75) is 6.92 Å². The Morgan fingerprint density at radius 3 is 2.24 bits per heavy atom. The van der Waals surface area contributed by atoms with Gasteiger partial charge in [-0.05, 0) is 43.3 Å². The van der Waals surface area contributed by atoms with E-state index in [0.29, 0.717) is 13.1 Å². The van der Waals surface area contributed by atoms with Crippen molar-refractivity contribution >= 4 is 17.3 Å². The van der Waals surface area contributed by atoms with E-state index in [0.717, 1.165) is 29.3 Å². The van der Waals surface area contributed by atoms with Crippen molar-refractivity contribution < 1.29 is 4.79 Å². The Morgan fingerprint density at radius 1 is 0.880 bits per heavy atom. The molecule has 0 N–H and O–H groups in total. The number of rotatable bonds is 3. The van der Waals surface area contributed by atoms with Crippen LogP contribution in [-0.2, 0) is 4.79 Å².